The molecule has 2 aromatic rings. The van der Waals surface area contributed by atoms with Gasteiger partial charge in [0.15, 0.2) is 0 Å². The van der Waals surface area contributed by atoms with Crippen molar-refractivity contribution in [2.75, 3.05) is 26.2 Å². The number of benzene rings is 2. The quantitative estimate of drug-likeness (QED) is 0.883. The van der Waals surface area contributed by atoms with Crippen LogP contribution in [0.5, 0.6) is 0 Å². The van der Waals surface area contributed by atoms with Crippen LogP contribution in [0.15, 0.2) is 47.4 Å². The number of piperazine rings is 1. The lowest BCUT2D eigenvalue weighted by Gasteiger charge is -2.31. The second-order valence-electron chi connectivity index (χ2n) is 6.76. The van der Waals surface area contributed by atoms with E-state index in [0.29, 0.717) is 13.1 Å². The Morgan fingerprint density at radius 3 is 2.24 bits per heavy atom. The summed E-state index contributed by atoms with van der Waals surface area (Å²) in [5.41, 5.74) is 3.86. The Labute approximate surface area is 155 Å². The topological polar surface area (TPSA) is 41.8 Å². The summed E-state index contributed by atoms with van der Waals surface area (Å²) in [5.74, 6) is 0. The fraction of sp³-hybridized carbons (Fsp3) is 0.368. The lowest BCUT2D eigenvalue weighted by atomic mass is 10.1. The predicted octanol–water partition coefficient (Wildman–Crippen LogP) is 2.05. The van der Waals surface area contributed by atoms with Crippen LogP contribution in [0, 0.1) is 13.8 Å². The Morgan fingerprint density at radius 2 is 1.64 bits per heavy atom. The number of aryl methyl sites for hydroxylation is 2. The monoisotopic (exact) mass is 379 g/mol. The maximum atomic E-state index is 12.8. The van der Waals surface area contributed by atoms with E-state index in [1.165, 1.54) is 21.6 Å². The minimum Gasteiger partial charge on any atom is -0.329 e. The summed E-state index contributed by atoms with van der Waals surface area (Å²) in [6.45, 7) is 7.80. The smallest absolute Gasteiger partial charge is 0.244 e. The van der Waals surface area contributed by atoms with Gasteiger partial charge in [-0.05, 0) is 26.0 Å². The van der Waals surface area contributed by atoms with Crippen molar-refractivity contribution in [2.45, 2.75) is 25.3 Å². The van der Waals surface area contributed by atoms with Gasteiger partial charge in [-0.2, -0.15) is 4.31 Å². The molecule has 0 aliphatic carbocycles. The van der Waals surface area contributed by atoms with Crippen LogP contribution in [-0.4, -0.2) is 38.9 Å². The van der Waals surface area contributed by atoms with Gasteiger partial charge in [-0.3, -0.25) is 0 Å². The molecule has 0 saturated carbocycles. The second kappa shape index (κ2) is 7.46. The molecule has 134 valence electrons. The first kappa shape index (κ1) is 18.4. The molecular weight excluding hydrogens is 356 g/mol. The number of sulfonamides is 1. The molecule has 0 spiro atoms. The van der Waals surface area contributed by atoms with Gasteiger partial charge in [0.2, 0.25) is 10.0 Å². The summed E-state index contributed by atoms with van der Waals surface area (Å²) in [6, 6.07) is 13.3. The Bertz CT molecular complexity index is 839. The van der Waals surface area contributed by atoms with Crippen LogP contribution in [0.2, 0.25) is 5.02 Å². The average Bonchev–Trinajstić information content (AvgIpc) is 2.54. The van der Waals surface area contributed by atoms with Crippen LogP contribution in [0.25, 0.3) is 0 Å². The molecular formula is C19H24ClN2O2S+. The van der Waals surface area contributed by atoms with Crippen molar-refractivity contribution in [1.29, 1.82) is 0 Å². The molecule has 0 radical (unpaired) electrons. The van der Waals surface area contributed by atoms with Gasteiger partial charge in [-0.25, -0.2) is 8.42 Å². The standard InChI is InChI=1S/C19H23ClN2O2S/c1-15-11-16(2)13-17(12-15)14-21-7-9-22(10-8-21)25(23,24)19-6-4-3-5-18(19)20/h3-6,11-13H,7-10,14H2,1-2H3/p+1. The van der Waals surface area contributed by atoms with Crippen LogP contribution in [-0.2, 0) is 16.6 Å². The Hall–Kier alpha value is -1.40. The third-order valence-electron chi connectivity index (χ3n) is 4.62. The molecule has 1 N–H and O–H groups in total. The van der Waals surface area contributed by atoms with Crippen molar-refractivity contribution in [3.8, 4) is 0 Å². The highest BCUT2D eigenvalue weighted by Crippen LogP contribution is 2.24. The molecule has 25 heavy (non-hydrogen) atoms. The number of hydrogen-bond donors (Lipinski definition) is 1. The Kier molecular flexibility index (Phi) is 5.49. The Balaban J connectivity index is 1.66. The van der Waals surface area contributed by atoms with Crippen LogP contribution in [0.1, 0.15) is 16.7 Å². The number of nitrogens with one attached hydrogen (secondary N) is 1. The van der Waals surface area contributed by atoms with Gasteiger partial charge in [-0.1, -0.05) is 53.1 Å². The molecule has 0 aromatic heterocycles. The summed E-state index contributed by atoms with van der Waals surface area (Å²) in [7, 11) is -3.51. The van der Waals surface area contributed by atoms with E-state index in [4.69, 9.17) is 11.6 Å². The summed E-state index contributed by atoms with van der Waals surface area (Å²) in [6.07, 6.45) is 0. The highest BCUT2D eigenvalue weighted by atomic mass is 35.5. The maximum absolute atomic E-state index is 12.8. The molecule has 1 heterocycles. The lowest BCUT2D eigenvalue weighted by Crippen LogP contribution is -3.13. The first-order valence-electron chi connectivity index (χ1n) is 8.52. The number of quaternary nitrogens is 1. The SMILES string of the molecule is Cc1cc(C)cc(C[NH+]2CCN(S(=O)(=O)c3ccccc3Cl)CC2)c1. The minimum atomic E-state index is -3.51. The molecule has 6 heteroatoms. The number of halogens is 1. The van der Waals surface area contributed by atoms with Crippen molar-refractivity contribution in [1.82, 2.24) is 4.31 Å². The zero-order chi connectivity index (χ0) is 18.0. The normalized spacial score (nSPS) is 16.9. The number of hydrogen-bond acceptors (Lipinski definition) is 2. The van der Waals surface area contributed by atoms with E-state index in [2.05, 4.69) is 32.0 Å². The summed E-state index contributed by atoms with van der Waals surface area (Å²) in [5, 5.41) is 0.285. The summed E-state index contributed by atoms with van der Waals surface area (Å²) in [4.78, 5) is 1.62. The third-order valence-corrected chi connectivity index (χ3v) is 7.02. The van der Waals surface area contributed by atoms with E-state index >= 15 is 0 Å². The molecule has 0 bridgehead atoms. The van der Waals surface area contributed by atoms with E-state index in [-0.39, 0.29) is 9.92 Å². The predicted molar refractivity (Wildman–Crippen MR) is 101 cm³/mol. The van der Waals surface area contributed by atoms with Gasteiger partial charge in [-0.15, -0.1) is 0 Å². The second-order valence-corrected chi connectivity index (χ2v) is 9.07. The molecule has 1 aliphatic heterocycles. The molecule has 2 aromatic carbocycles. The minimum absolute atomic E-state index is 0.203. The summed E-state index contributed by atoms with van der Waals surface area (Å²) >= 11 is 6.08. The van der Waals surface area contributed by atoms with E-state index in [9.17, 15) is 8.42 Å². The van der Waals surface area contributed by atoms with Gasteiger partial charge >= 0.3 is 0 Å². The first-order valence-corrected chi connectivity index (χ1v) is 10.3. The molecule has 0 unspecified atom stereocenters. The first-order chi connectivity index (χ1) is 11.9. The van der Waals surface area contributed by atoms with Crippen LogP contribution >= 0.6 is 11.6 Å². The average molecular weight is 380 g/mol. The van der Waals surface area contributed by atoms with Crippen molar-refractivity contribution in [3.05, 3.63) is 64.2 Å². The molecule has 1 saturated heterocycles. The van der Waals surface area contributed by atoms with Crippen LogP contribution in [0.4, 0.5) is 0 Å². The highest BCUT2D eigenvalue weighted by molar-refractivity contribution is 7.89. The van der Waals surface area contributed by atoms with Gasteiger partial charge in [0.1, 0.15) is 11.4 Å². The van der Waals surface area contributed by atoms with Gasteiger partial charge in [0, 0.05) is 5.56 Å². The molecule has 4 nitrogen and oxygen atoms in total. The molecule has 0 amide bonds. The van der Waals surface area contributed by atoms with Crippen molar-refractivity contribution in [2.24, 2.45) is 0 Å². The zero-order valence-corrected chi connectivity index (χ0v) is 16.2. The van der Waals surface area contributed by atoms with Crippen molar-refractivity contribution in [3.63, 3.8) is 0 Å². The largest absolute Gasteiger partial charge is 0.329 e. The number of rotatable bonds is 4. The Morgan fingerprint density at radius 1 is 1.04 bits per heavy atom. The van der Waals surface area contributed by atoms with Crippen molar-refractivity contribution < 1.29 is 13.3 Å². The van der Waals surface area contributed by atoms with Gasteiger partial charge < -0.3 is 4.90 Å². The third kappa shape index (κ3) is 4.23. The maximum Gasteiger partial charge on any atom is 0.244 e. The van der Waals surface area contributed by atoms with Crippen LogP contribution in [0.3, 0.4) is 0 Å². The van der Waals surface area contributed by atoms with E-state index in [0.717, 1.165) is 19.6 Å². The van der Waals surface area contributed by atoms with E-state index in [1.807, 2.05) is 0 Å². The van der Waals surface area contributed by atoms with Crippen molar-refractivity contribution >= 4 is 21.6 Å². The highest BCUT2D eigenvalue weighted by Gasteiger charge is 2.31. The lowest BCUT2D eigenvalue weighted by molar-refractivity contribution is -0.917. The van der Waals surface area contributed by atoms with Gasteiger partial charge in [0.05, 0.1) is 31.2 Å². The van der Waals surface area contributed by atoms with Crippen LogP contribution < -0.4 is 4.90 Å². The van der Waals surface area contributed by atoms with E-state index in [1.54, 1.807) is 28.6 Å². The molecule has 1 fully saturated rings. The van der Waals surface area contributed by atoms with E-state index < -0.39 is 10.0 Å². The zero-order valence-electron chi connectivity index (χ0n) is 14.6. The molecule has 1 aliphatic rings. The fourth-order valence-electron chi connectivity index (χ4n) is 3.47. The summed E-state index contributed by atoms with van der Waals surface area (Å²) < 4.78 is 27.1. The fourth-order valence-corrected chi connectivity index (χ4v) is 5.41. The van der Waals surface area contributed by atoms with Gasteiger partial charge in [0.25, 0.3) is 0 Å². The molecule has 3 rings (SSSR count). The molecule has 0 atom stereocenters. The number of nitrogens with zero attached hydrogens (tertiary/aromatic N) is 1.